The number of aliphatic imine (C=N–C) groups is 2. The Kier molecular flexibility index (Phi) is 6.32. The zero-order valence-electron chi connectivity index (χ0n) is 16.2. The van der Waals surface area contributed by atoms with E-state index in [1.165, 1.54) is 11.1 Å². The van der Waals surface area contributed by atoms with E-state index in [1.54, 1.807) is 0 Å². The van der Waals surface area contributed by atoms with Crippen molar-refractivity contribution in [2.24, 2.45) is 9.98 Å². The molecule has 0 aromatic heterocycles. The van der Waals surface area contributed by atoms with Gasteiger partial charge in [-0.05, 0) is 48.4 Å². The van der Waals surface area contributed by atoms with Gasteiger partial charge < -0.3 is 0 Å². The van der Waals surface area contributed by atoms with Crippen molar-refractivity contribution >= 4 is 22.8 Å². The van der Waals surface area contributed by atoms with Gasteiger partial charge in [-0.25, -0.2) is 9.98 Å². The molecule has 2 nitrogen and oxygen atoms in total. The molecule has 2 aromatic carbocycles. The van der Waals surface area contributed by atoms with Crippen LogP contribution < -0.4 is 0 Å². The minimum atomic E-state index is 0.725. The molecule has 27 heavy (non-hydrogen) atoms. The van der Waals surface area contributed by atoms with Crippen LogP contribution in [0.4, 0.5) is 0 Å². The number of allylic oxidation sites excluding steroid dienone is 4. The third kappa shape index (κ3) is 5.01. The van der Waals surface area contributed by atoms with Crippen molar-refractivity contribution in [2.45, 2.75) is 33.1 Å². The third-order valence-electron chi connectivity index (χ3n) is 4.58. The fraction of sp³-hybridized carbons (Fsp3) is 0.200. The molecule has 3 rings (SSSR count). The molecule has 0 fully saturated rings. The van der Waals surface area contributed by atoms with Crippen LogP contribution in [0, 0.1) is 0 Å². The molecule has 0 amide bonds. The SMILES string of the molecule is C=C(N=C(C)N=C(CC)c1ccccc1)c1ccc(C2=CCCC=C2)cc1. The highest BCUT2D eigenvalue weighted by molar-refractivity contribution is 6.07. The molecule has 0 radical (unpaired) electrons. The van der Waals surface area contributed by atoms with E-state index in [9.17, 15) is 0 Å². The van der Waals surface area contributed by atoms with E-state index in [1.807, 2.05) is 25.1 Å². The van der Waals surface area contributed by atoms with Crippen LogP contribution in [0.15, 0.2) is 89.4 Å². The minimum Gasteiger partial charge on any atom is -0.238 e. The van der Waals surface area contributed by atoms with Gasteiger partial charge in [-0.15, -0.1) is 0 Å². The van der Waals surface area contributed by atoms with Gasteiger partial charge in [-0.1, -0.05) is 86.3 Å². The fourth-order valence-electron chi connectivity index (χ4n) is 3.14. The second kappa shape index (κ2) is 9.09. The van der Waals surface area contributed by atoms with Crippen LogP contribution in [0.3, 0.4) is 0 Å². The summed E-state index contributed by atoms with van der Waals surface area (Å²) in [5.74, 6) is 0.725. The smallest absolute Gasteiger partial charge is 0.126 e. The van der Waals surface area contributed by atoms with Crippen LogP contribution in [0.5, 0.6) is 0 Å². The number of rotatable bonds is 5. The van der Waals surface area contributed by atoms with Gasteiger partial charge in [0.2, 0.25) is 0 Å². The second-order valence-electron chi connectivity index (χ2n) is 6.60. The summed E-state index contributed by atoms with van der Waals surface area (Å²) >= 11 is 0. The molecule has 0 aliphatic heterocycles. The van der Waals surface area contributed by atoms with Gasteiger partial charge in [-0.2, -0.15) is 0 Å². The molecular weight excluding hydrogens is 328 g/mol. The predicted octanol–water partition coefficient (Wildman–Crippen LogP) is 6.71. The van der Waals surface area contributed by atoms with Gasteiger partial charge >= 0.3 is 0 Å². The molecule has 2 aromatic rings. The quantitative estimate of drug-likeness (QED) is 0.421. The van der Waals surface area contributed by atoms with Crippen molar-refractivity contribution in [3.8, 4) is 0 Å². The molecular formula is C25H26N2. The molecule has 1 aliphatic rings. The Morgan fingerprint density at radius 1 is 0.926 bits per heavy atom. The summed E-state index contributed by atoms with van der Waals surface area (Å²) in [5, 5.41) is 0. The first-order chi connectivity index (χ1) is 13.2. The van der Waals surface area contributed by atoms with Crippen LogP contribution in [-0.4, -0.2) is 11.5 Å². The second-order valence-corrected chi connectivity index (χ2v) is 6.60. The van der Waals surface area contributed by atoms with E-state index in [4.69, 9.17) is 4.99 Å². The third-order valence-corrected chi connectivity index (χ3v) is 4.58. The zero-order valence-corrected chi connectivity index (χ0v) is 16.2. The number of hydrogen-bond acceptors (Lipinski definition) is 1. The summed E-state index contributed by atoms with van der Waals surface area (Å²) in [6.07, 6.45) is 9.82. The molecule has 0 atom stereocenters. The molecule has 0 N–H and O–H groups in total. The highest BCUT2D eigenvalue weighted by Crippen LogP contribution is 2.23. The van der Waals surface area contributed by atoms with Crippen LogP contribution in [-0.2, 0) is 0 Å². The van der Waals surface area contributed by atoms with Crippen LogP contribution >= 0.6 is 0 Å². The molecule has 0 bridgehead atoms. The average Bonchev–Trinajstić information content (AvgIpc) is 2.73. The summed E-state index contributed by atoms with van der Waals surface area (Å²) in [7, 11) is 0. The zero-order chi connectivity index (χ0) is 19.1. The average molecular weight is 354 g/mol. The summed E-state index contributed by atoms with van der Waals surface area (Å²) in [6.45, 7) is 8.17. The summed E-state index contributed by atoms with van der Waals surface area (Å²) in [4.78, 5) is 9.32. The van der Waals surface area contributed by atoms with Crippen LogP contribution in [0.1, 0.15) is 49.8 Å². The van der Waals surface area contributed by atoms with Crippen molar-refractivity contribution in [1.82, 2.24) is 0 Å². The lowest BCUT2D eigenvalue weighted by Crippen LogP contribution is -2.02. The summed E-state index contributed by atoms with van der Waals surface area (Å²) in [5.41, 5.74) is 6.46. The highest BCUT2D eigenvalue weighted by atomic mass is 14.9. The Balaban J connectivity index is 1.76. The van der Waals surface area contributed by atoms with Gasteiger partial charge in [0.15, 0.2) is 0 Å². The molecule has 0 unspecified atom stereocenters. The first kappa shape index (κ1) is 18.8. The normalized spacial score (nSPS) is 14.8. The molecule has 0 heterocycles. The standard InChI is InChI=1S/C25H26N2/c1-4-25(24-13-9-6-10-14-24)27-20(3)26-19(2)21-15-17-23(18-16-21)22-11-7-5-8-12-22/h6-7,9-18H,2,4-5,8H2,1,3H3. The van der Waals surface area contributed by atoms with E-state index < -0.39 is 0 Å². The molecule has 0 saturated heterocycles. The molecule has 0 spiro atoms. The lowest BCUT2D eigenvalue weighted by atomic mass is 9.98. The number of nitrogens with zero attached hydrogens (tertiary/aromatic N) is 2. The van der Waals surface area contributed by atoms with Gasteiger partial charge in [0.1, 0.15) is 5.84 Å². The molecule has 2 heteroatoms. The van der Waals surface area contributed by atoms with E-state index in [0.717, 1.165) is 47.6 Å². The van der Waals surface area contributed by atoms with Crippen molar-refractivity contribution < 1.29 is 0 Å². The van der Waals surface area contributed by atoms with Gasteiger partial charge in [0.05, 0.1) is 5.70 Å². The predicted molar refractivity (Wildman–Crippen MR) is 118 cm³/mol. The fourth-order valence-corrected chi connectivity index (χ4v) is 3.14. The minimum absolute atomic E-state index is 0.725. The van der Waals surface area contributed by atoms with E-state index in [-0.39, 0.29) is 0 Å². The summed E-state index contributed by atoms with van der Waals surface area (Å²) in [6, 6.07) is 18.7. The Morgan fingerprint density at radius 2 is 1.67 bits per heavy atom. The van der Waals surface area contributed by atoms with Crippen molar-refractivity contribution in [2.75, 3.05) is 0 Å². The van der Waals surface area contributed by atoms with Crippen molar-refractivity contribution in [3.63, 3.8) is 0 Å². The Hall–Kier alpha value is -3.00. The highest BCUT2D eigenvalue weighted by Gasteiger charge is 2.04. The lowest BCUT2D eigenvalue weighted by molar-refractivity contribution is 1.04. The van der Waals surface area contributed by atoms with E-state index in [0.29, 0.717) is 0 Å². The Morgan fingerprint density at radius 3 is 2.30 bits per heavy atom. The maximum atomic E-state index is 4.71. The maximum Gasteiger partial charge on any atom is 0.126 e. The number of amidine groups is 1. The van der Waals surface area contributed by atoms with E-state index in [2.05, 4.69) is 73.1 Å². The summed E-state index contributed by atoms with van der Waals surface area (Å²) < 4.78 is 0. The van der Waals surface area contributed by atoms with E-state index >= 15 is 0 Å². The molecule has 1 aliphatic carbocycles. The molecule has 0 saturated carbocycles. The Bertz CT molecular complexity index is 911. The Labute approximate surface area is 162 Å². The maximum absolute atomic E-state index is 4.71. The topological polar surface area (TPSA) is 24.7 Å². The van der Waals surface area contributed by atoms with Crippen molar-refractivity contribution in [3.05, 3.63) is 96.1 Å². The van der Waals surface area contributed by atoms with Gasteiger partial charge in [-0.3, -0.25) is 0 Å². The lowest BCUT2D eigenvalue weighted by Gasteiger charge is -2.09. The first-order valence-electron chi connectivity index (χ1n) is 9.52. The van der Waals surface area contributed by atoms with Crippen LogP contribution in [0.25, 0.3) is 11.3 Å². The van der Waals surface area contributed by atoms with Crippen LogP contribution in [0.2, 0.25) is 0 Å². The molecule has 136 valence electrons. The number of hydrogen-bond donors (Lipinski definition) is 0. The number of benzene rings is 2. The monoisotopic (exact) mass is 354 g/mol. The van der Waals surface area contributed by atoms with Crippen molar-refractivity contribution in [1.29, 1.82) is 0 Å². The largest absolute Gasteiger partial charge is 0.238 e. The first-order valence-corrected chi connectivity index (χ1v) is 9.52. The van der Waals surface area contributed by atoms with Gasteiger partial charge in [0, 0.05) is 5.71 Å². The van der Waals surface area contributed by atoms with Gasteiger partial charge in [0.25, 0.3) is 0 Å².